The van der Waals surface area contributed by atoms with E-state index in [0.29, 0.717) is 36.3 Å². The van der Waals surface area contributed by atoms with E-state index in [0.717, 1.165) is 16.7 Å². The van der Waals surface area contributed by atoms with Gasteiger partial charge in [-0.25, -0.2) is 0 Å². The second-order valence-electron chi connectivity index (χ2n) is 7.18. The van der Waals surface area contributed by atoms with Gasteiger partial charge in [0.2, 0.25) is 11.6 Å². The van der Waals surface area contributed by atoms with Crippen LogP contribution in [0.2, 0.25) is 0 Å². The fraction of sp³-hybridized carbons (Fsp3) is 0.421. The Morgan fingerprint density at radius 3 is 2.57 bits per heavy atom. The minimum Gasteiger partial charge on any atom is -0.492 e. The molecule has 1 atom stereocenters. The SMILES string of the molecule is C[C@H]1COC2=C1C(=O)C(=O)c1c2ccc2c1CCC(=O)C2(C)C. The molecule has 0 unspecified atom stereocenters. The lowest BCUT2D eigenvalue weighted by Gasteiger charge is -2.33. The third-order valence-electron chi connectivity index (χ3n) is 5.42. The highest BCUT2D eigenvalue weighted by Gasteiger charge is 2.44. The number of fused-ring (bicyclic) bond motifs is 4. The van der Waals surface area contributed by atoms with Gasteiger partial charge >= 0.3 is 0 Å². The molecule has 1 aromatic carbocycles. The second-order valence-corrected chi connectivity index (χ2v) is 7.18. The molecule has 23 heavy (non-hydrogen) atoms. The first kappa shape index (κ1) is 14.4. The van der Waals surface area contributed by atoms with Crippen LogP contribution < -0.4 is 0 Å². The van der Waals surface area contributed by atoms with Crippen LogP contribution in [0.1, 0.15) is 54.2 Å². The van der Waals surface area contributed by atoms with E-state index in [1.165, 1.54) is 0 Å². The Labute approximate surface area is 134 Å². The van der Waals surface area contributed by atoms with Crippen LogP contribution >= 0.6 is 0 Å². The number of hydrogen-bond donors (Lipinski definition) is 0. The van der Waals surface area contributed by atoms with Gasteiger partial charge in [-0.15, -0.1) is 0 Å². The molecule has 1 aliphatic heterocycles. The van der Waals surface area contributed by atoms with Gasteiger partial charge in [0.25, 0.3) is 0 Å². The summed E-state index contributed by atoms with van der Waals surface area (Å²) in [5, 5.41) is 0. The van der Waals surface area contributed by atoms with Crippen molar-refractivity contribution >= 4 is 23.1 Å². The standard InChI is InChI=1S/C19H18O4/c1-9-8-23-18-11-4-6-12-10(5-7-13(20)19(12,2)3)15(11)17(22)16(21)14(9)18/h4,6,9H,5,7-8H2,1-3H3/t9-/m0/s1. The maximum Gasteiger partial charge on any atom is 0.234 e. The normalized spacial score (nSPS) is 25.0. The lowest BCUT2D eigenvalue weighted by Crippen LogP contribution is -2.37. The predicted octanol–water partition coefficient (Wildman–Crippen LogP) is 2.62. The smallest absolute Gasteiger partial charge is 0.234 e. The first-order valence-corrected chi connectivity index (χ1v) is 8.00. The van der Waals surface area contributed by atoms with Crippen molar-refractivity contribution in [2.24, 2.45) is 5.92 Å². The van der Waals surface area contributed by atoms with E-state index >= 15 is 0 Å². The summed E-state index contributed by atoms with van der Waals surface area (Å²) in [6.45, 7) is 6.10. The van der Waals surface area contributed by atoms with Crippen molar-refractivity contribution in [3.05, 3.63) is 40.0 Å². The molecule has 4 nitrogen and oxygen atoms in total. The lowest BCUT2D eigenvalue weighted by molar-refractivity contribution is -0.124. The number of carbonyl (C=O) groups is 3. The molecule has 0 bridgehead atoms. The molecule has 0 saturated heterocycles. The quantitative estimate of drug-likeness (QED) is 0.691. The highest BCUT2D eigenvalue weighted by molar-refractivity contribution is 6.52. The highest BCUT2D eigenvalue weighted by Crippen LogP contribution is 2.44. The molecule has 4 rings (SSSR count). The van der Waals surface area contributed by atoms with Crippen molar-refractivity contribution in [2.75, 3.05) is 6.61 Å². The fourth-order valence-corrected chi connectivity index (χ4v) is 4.02. The zero-order valence-electron chi connectivity index (χ0n) is 13.5. The van der Waals surface area contributed by atoms with Gasteiger partial charge in [0.15, 0.2) is 0 Å². The van der Waals surface area contributed by atoms with Gasteiger partial charge in [0.05, 0.1) is 12.2 Å². The van der Waals surface area contributed by atoms with Crippen LogP contribution in [0.25, 0.3) is 5.76 Å². The fourth-order valence-electron chi connectivity index (χ4n) is 4.02. The molecule has 0 aromatic heterocycles. The number of Topliss-reactive ketones (excluding diaryl/α,β-unsaturated/α-hetero) is 3. The third kappa shape index (κ3) is 1.69. The Morgan fingerprint density at radius 1 is 1.09 bits per heavy atom. The molecule has 118 valence electrons. The van der Waals surface area contributed by atoms with E-state index < -0.39 is 17.0 Å². The Bertz CT molecular complexity index is 826. The van der Waals surface area contributed by atoms with E-state index in [1.54, 1.807) is 0 Å². The summed E-state index contributed by atoms with van der Waals surface area (Å²) in [6, 6.07) is 3.76. The summed E-state index contributed by atoms with van der Waals surface area (Å²) in [4.78, 5) is 37.5. The van der Waals surface area contributed by atoms with E-state index in [4.69, 9.17) is 4.74 Å². The van der Waals surface area contributed by atoms with Crippen molar-refractivity contribution in [1.82, 2.24) is 0 Å². The lowest BCUT2D eigenvalue weighted by atomic mass is 9.68. The average molecular weight is 310 g/mol. The maximum atomic E-state index is 12.7. The largest absolute Gasteiger partial charge is 0.492 e. The highest BCUT2D eigenvalue weighted by atomic mass is 16.5. The van der Waals surface area contributed by atoms with Gasteiger partial charge in [-0.05, 0) is 31.4 Å². The minimum atomic E-state index is -0.621. The molecular weight excluding hydrogens is 292 g/mol. The first-order chi connectivity index (χ1) is 10.8. The molecular formula is C19H18O4. The van der Waals surface area contributed by atoms with Crippen LogP contribution in [0.15, 0.2) is 17.7 Å². The zero-order valence-corrected chi connectivity index (χ0v) is 13.5. The average Bonchev–Trinajstić information content (AvgIpc) is 2.90. The van der Waals surface area contributed by atoms with Crippen molar-refractivity contribution in [3.63, 3.8) is 0 Å². The molecule has 1 aromatic rings. The van der Waals surface area contributed by atoms with Gasteiger partial charge in [0, 0.05) is 28.9 Å². The number of ketones is 3. The van der Waals surface area contributed by atoms with Crippen molar-refractivity contribution in [2.45, 2.75) is 39.0 Å². The monoisotopic (exact) mass is 310 g/mol. The van der Waals surface area contributed by atoms with Gasteiger partial charge < -0.3 is 4.74 Å². The van der Waals surface area contributed by atoms with E-state index in [1.807, 2.05) is 32.9 Å². The molecule has 0 spiro atoms. The van der Waals surface area contributed by atoms with Crippen molar-refractivity contribution in [3.8, 4) is 0 Å². The molecule has 0 N–H and O–H groups in total. The Morgan fingerprint density at radius 2 is 1.83 bits per heavy atom. The van der Waals surface area contributed by atoms with Crippen LogP contribution in [0, 0.1) is 5.92 Å². The Hall–Kier alpha value is -2.23. The molecule has 2 aliphatic carbocycles. The molecule has 0 saturated carbocycles. The number of carbonyl (C=O) groups excluding carboxylic acids is 3. The summed E-state index contributed by atoms with van der Waals surface area (Å²) in [5.74, 6) is -0.206. The van der Waals surface area contributed by atoms with Crippen LogP contribution in [0.3, 0.4) is 0 Å². The van der Waals surface area contributed by atoms with Crippen LogP contribution in [-0.2, 0) is 26.2 Å². The molecule has 0 radical (unpaired) electrons. The predicted molar refractivity (Wildman–Crippen MR) is 84.2 cm³/mol. The van der Waals surface area contributed by atoms with Gasteiger partial charge in [-0.1, -0.05) is 19.1 Å². The second kappa shape index (κ2) is 4.40. The molecule has 3 aliphatic rings. The van der Waals surface area contributed by atoms with Crippen molar-refractivity contribution < 1.29 is 19.1 Å². The van der Waals surface area contributed by atoms with E-state index in [-0.39, 0.29) is 11.7 Å². The summed E-state index contributed by atoms with van der Waals surface area (Å²) >= 11 is 0. The Kier molecular flexibility index (Phi) is 2.75. The summed E-state index contributed by atoms with van der Waals surface area (Å²) < 4.78 is 5.72. The third-order valence-corrected chi connectivity index (χ3v) is 5.42. The summed E-state index contributed by atoms with van der Waals surface area (Å²) in [5.41, 5.74) is 2.78. The molecule has 0 amide bonds. The maximum absolute atomic E-state index is 12.7. The van der Waals surface area contributed by atoms with Crippen LogP contribution in [-0.4, -0.2) is 24.0 Å². The zero-order chi connectivity index (χ0) is 16.5. The summed E-state index contributed by atoms with van der Waals surface area (Å²) in [6.07, 6.45) is 0.916. The van der Waals surface area contributed by atoms with Gasteiger partial charge in [-0.2, -0.15) is 0 Å². The molecule has 4 heteroatoms. The van der Waals surface area contributed by atoms with E-state index in [2.05, 4.69) is 0 Å². The topological polar surface area (TPSA) is 60.4 Å². The number of rotatable bonds is 0. The van der Waals surface area contributed by atoms with Gasteiger partial charge in [0.1, 0.15) is 11.5 Å². The Balaban J connectivity index is 2.02. The van der Waals surface area contributed by atoms with Gasteiger partial charge in [-0.3, -0.25) is 14.4 Å². The summed E-state index contributed by atoms with van der Waals surface area (Å²) in [7, 11) is 0. The number of benzene rings is 1. The van der Waals surface area contributed by atoms with Crippen molar-refractivity contribution in [1.29, 1.82) is 0 Å². The van der Waals surface area contributed by atoms with Crippen LogP contribution in [0.4, 0.5) is 0 Å². The van der Waals surface area contributed by atoms with Crippen LogP contribution in [0.5, 0.6) is 0 Å². The number of hydrogen-bond acceptors (Lipinski definition) is 4. The molecule has 1 heterocycles. The van der Waals surface area contributed by atoms with E-state index in [9.17, 15) is 14.4 Å². The first-order valence-electron chi connectivity index (χ1n) is 8.00. The minimum absolute atomic E-state index is 0.0522. The molecule has 0 fully saturated rings. The number of ether oxygens (including phenoxy) is 1.